The molecule has 100 valence electrons. The van der Waals surface area contributed by atoms with E-state index in [2.05, 4.69) is 18.5 Å². The maximum absolute atomic E-state index is 11.8. The van der Waals surface area contributed by atoms with Gasteiger partial charge in [-0.15, -0.1) is 6.58 Å². The smallest absolute Gasteiger partial charge is 0.322 e. The third kappa shape index (κ3) is 2.70. The number of esters is 1. The highest BCUT2D eigenvalue weighted by molar-refractivity contribution is 5.93. The average Bonchev–Trinajstić information content (AvgIpc) is 2.65. The highest BCUT2D eigenvalue weighted by atomic mass is 16.5. The molecule has 0 radical (unpaired) electrons. The SMILES string of the molecule is C=CC(=O)C(C=C)C1NC(C(=O)OC)CC1(C)C. The van der Waals surface area contributed by atoms with E-state index >= 15 is 0 Å². The summed E-state index contributed by atoms with van der Waals surface area (Å²) in [5.41, 5.74) is -0.184. The molecule has 0 aromatic rings. The van der Waals surface area contributed by atoms with Gasteiger partial charge in [-0.3, -0.25) is 14.9 Å². The zero-order chi connectivity index (χ0) is 13.9. The number of rotatable bonds is 5. The summed E-state index contributed by atoms with van der Waals surface area (Å²) in [7, 11) is 1.37. The lowest BCUT2D eigenvalue weighted by atomic mass is 9.76. The molecule has 1 rings (SSSR count). The van der Waals surface area contributed by atoms with Gasteiger partial charge in [-0.05, 0) is 17.9 Å². The van der Waals surface area contributed by atoms with Gasteiger partial charge >= 0.3 is 5.97 Å². The molecule has 4 heteroatoms. The predicted molar refractivity (Wildman–Crippen MR) is 70.0 cm³/mol. The van der Waals surface area contributed by atoms with Crippen molar-refractivity contribution in [3.8, 4) is 0 Å². The number of ketones is 1. The quantitative estimate of drug-likeness (QED) is 0.457. The molecule has 0 aromatic carbocycles. The van der Waals surface area contributed by atoms with Crippen molar-refractivity contribution in [2.45, 2.75) is 32.4 Å². The van der Waals surface area contributed by atoms with Crippen LogP contribution >= 0.6 is 0 Å². The van der Waals surface area contributed by atoms with E-state index in [-0.39, 0.29) is 35.2 Å². The van der Waals surface area contributed by atoms with E-state index < -0.39 is 0 Å². The standard InChI is InChI=1S/C14H21NO3/c1-6-9(11(16)7-2)12-14(3,4)8-10(15-12)13(17)18-5/h6-7,9-10,12,15H,1-2,8H2,3-5H3. The van der Waals surface area contributed by atoms with E-state index in [1.807, 2.05) is 13.8 Å². The molecule has 4 nitrogen and oxygen atoms in total. The molecule has 1 N–H and O–H groups in total. The Hall–Kier alpha value is -1.42. The summed E-state index contributed by atoms with van der Waals surface area (Å²) < 4.78 is 4.74. The molecule has 0 aliphatic carbocycles. The van der Waals surface area contributed by atoms with E-state index in [4.69, 9.17) is 4.74 Å². The second-order valence-electron chi connectivity index (χ2n) is 5.28. The van der Waals surface area contributed by atoms with Crippen LogP contribution in [0, 0.1) is 11.3 Å². The van der Waals surface area contributed by atoms with Gasteiger partial charge in [0.15, 0.2) is 5.78 Å². The highest BCUT2D eigenvalue weighted by Gasteiger charge is 2.47. The first-order valence-electron chi connectivity index (χ1n) is 6.00. The van der Waals surface area contributed by atoms with Crippen molar-refractivity contribution in [1.82, 2.24) is 5.32 Å². The van der Waals surface area contributed by atoms with Gasteiger partial charge in [0.1, 0.15) is 6.04 Å². The second kappa shape index (κ2) is 5.48. The van der Waals surface area contributed by atoms with E-state index in [1.165, 1.54) is 13.2 Å². The highest BCUT2D eigenvalue weighted by Crippen LogP contribution is 2.38. The van der Waals surface area contributed by atoms with Crippen molar-refractivity contribution in [2.24, 2.45) is 11.3 Å². The molecule has 3 atom stereocenters. The molecule has 0 bridgehead atoms. The van der Waals surface area contributed by atoms with E-state index in [0.717, 1.165) is 0 Å². The molecule has 1 saturated heterocycles. The van der Waals surface area contributed by atoms with Gasteiger partial charge in [-0.25, -0.2) is 0 Å². The first-order valence-corrected chi connectivity index (χ1v) is 6.00. The third-order valence-corrected chi connectivity index (χ3v) is 3.58. The number of methoxy groups -OCH3 is 1. The Morgan fingerprint density at radius 1 is 1.44 bits per heavy atom. The van der Waals surface area contributed by atoms with Gasteiger partial charge in [0, 0.05) is 6.04 Å². The maximum atomic E-state index is 11.8. The Morgan fingerprint density at radius 2 is 2.06 bits per heavy atom. The first-order chi connectivity index (χ1) is 8.37. The van der Waals surface area contributed by atoms with Gasteiger partial charge in [0.05, 0.1) is 13.0 Å². The molecular formula is C14H21NO3. The van der Waals surface area contributed by atoms with Crippen LogP contribution in [0.2, 0.25) is 0 Å². The Labute approximate surface area is 108 Å². The minimum Gasteiger partial charge on any atom is -0.468 e. The minimum atomic E-state index is -0.368. The van der Waals surface area contributed by atoms with Crippen molar-refractivity contribution in [1.29, 1.82) is 0 Å². The van der Waals surface area contributed by atoms with Crippen molar-refractivity contribution in [3.05, 3.63) is 25.3 Å². The summed E-state index contributed by atoms with van der Waals surface area (Å²) in [6.07, 6.45) is 3.55. The summed E-state index contributed by atoms with van der Waals surface area (Å²) in [5, 5.41) is 3.18. The lowest BCUT2D eigenvalue weighted by Gasteiger charge is -2.30. The molecule has 0 saturated carbocycles. The third-order valence-electron chi connectivity index (χ3n) is 3.58. The lowest BCUT2D eigenvalue weighted by molar-refractivity contribution is -0.143. The summed E-state index contributed by atoms with van der Waals surface area (Å²) >= 11 is 0. The van der Waals surface area contributed by atoms with Crippen LogP contribution in [0.5, 0.6) is 0 Å². The molecule has 1 fully saturated rings. The van der Waals surface area contributed by atoms with Crippen molar-refractivity contribution in [2.75, 3.05) is 7.11 Å². The maximum Gasteiger partial charge on any atom is 0.322 e. The number of allylic oxidation sites excluding steroid dienone is 1. The zero-order valence-corrected chi connectivity index (χ0v) is 11.2. The summed E-state index contributed by atoms with van der Waals surface area (Å²) in [4.78, 5) is 23.4. The monoisotopic (exact) mass is 251 g/mol. The number of carbonyl (C=O) groups excluding carboxylic acids is 2. The molecule has 3 unspecified atom stereocenters. The topological polar surface area (TPSA) is 55.4 Å². The average molecular weight is 251 g/mol. The van der Waals surface area contributed by atoms with Crippen LogP contribution in [0.4, 0.5) is 0 Å². The van der Waals surface area contributed by atoms with Crippen LogP contribution in [0.3, 0.4) is 0 Å². The Morgan fingerprint density at radius 3 is 2.50 bits per heavy atom. The zero-order valence-electron chi connectivity index (χ0n) is 11.2. The summed E-state index contributed by atoms with van der Waals surface area (Å²) in [6.45, 7) is 11.3. The Balaban J connectivity index is 2.94. The van der Waals surface area contributed by atoms with Crippen molar-refractivity contribution < 1.29 is 14.3 Å². The largest absolute Gasteiger partial charge is 0.468 e. The van der Waals surface area contributed by atoms with Crippen molar-refractivity contribution in [3.63, 3.8) is 0 Å². The van der Waals surface area contributed by atoms with Crippen LogP contribution < -0.4 is 5.32 Å². The van der Waals surface area contributed by atoms with Gasteiger partial charge in [-0.2, -0.15) is 0 Å². The van der Waals surface area contributed by atoms with Crippen molar-refractivity contribution >= 4 is 11.8 Å². The lowest BCUT2D eigenvalue weighted by Crippen LogP contribution is -2.44. The van der Waals surface area contributed by atoms with Crippen LogP contribution in [0.15, 0.2) is 25.3 Å². The van der Waals surface area contributed by atoms with Crippen LogP contribution in [0.1, 0.15) is 20.3 Å². The van der Waals surface area contributed by atoms with E-state index in [9.17, 15) is 9.59 Å². The molecule has 1 aliphatic heterocycles. The number of carbonyl (C=O) groups is 2. The Kier molecular flexibility index (Phi) is 4.46. The summed E-state index contributed by atoms with van der Waals surface area (Å²) in [6, 6.07) is -0.500. The number of ether oxygens (including phenoxy) is 1. The van der Waals surface area contributed by atoms with Gasteiger partial charge in [0.2, 0.25) is 0 Å². The molecule has 0 spiro atoms. The van der Waals surface area contributed by atoms with Crippen LogP contribution in [-0.4, -0.2) is 30.9 Å². The fraction of sp³-hybridized carbons (Fsp3) is 0.571. The number of hydrogen-bond acceptors (Lipinski definition) is 4. The molecule has 1 heterocycles. The Bertz CT molecular complexity index is 373. The molecule has 18 heavy (non-hydrogen) atoms. The van der Waals surface area contributed by atoms with Crippen LogP contribution in [0.25, 0.3) is 0 Å². The number of hydrogen-bond donors (Lipinski definition) is 1. The predicted octanol–water partition coefficient (Wildman–Crippen LogP) is 1.47. The molecular weight excluding hydrogens is 230 g/mol. The molecule has 1 aliphatic rings. The van der Waals surface area contributed by atoms with Crippen LogP contribution in [-0.2, 0) is 14.3 Å². The van der Waals surface area contributed by atoms with Gasteiger partial charge < -0.3 is 4.74 Å². The minimum absolute atomic E-state index is 0.0823. The normalized spacial score (nSPS) is 27.3. The van der Waals surface area contributed by atoms with E-state index in [1.54, 1.807) is 6.08 Å². The molecule has 0 amide bonds. The van der Waals surface area contributed by atoms with Gasteiger partial charge in [-0.1, -0.05) is 26.5 Å². The summed E-state index contributed by atoms with van der Waals surface area (Å²) in [5.74, 6) is -0.743. The fourth-order valence-corrected chi connectivity index (χ4v) is 2.59. The first kappa shape index (κ1) is 14.6. The second-order valence-corrected chi connectivity index (χ2v) is 5.28. The van der Waals surface area contributed by atoms with E-state index in [0.29, 0.717) is 6.42 Å². The van der Waals surface area contributed by atoms with Gasteiger partial charge in [0.25, 0.3) is 0 Å². The fourth-order valence-electron chi connectivity index (χ4n) is 2.59. The number of nitrogens with one attached hydrogen (secondary N) is 1. The molecule has 0 aromatic heterocycles.